The van der Waals surface area contributed by atoms with Crippen molar-refractivity contribution in [3.05, 3.63) is 29.8 Å². The van der Waals surface area contributed by atoms with E-state index < -0.39 is 0 Å². The molecule has 0 unspecified atom stereocenters. The highest BCUT2D eigenvalue weighted by Gasteiger charge is 2.16. The molecule has 0 atom stereocenters. The van der Waals surface area contributed by atoms with E-state index in [1.54, 1.807) is 0 Å². The van der Waals surface area contributed by atoms with Gasteiger partial charge in [-0.3, -0.25) is 0 Å². The van der Waals surface area contributed by atoms with Gasteiger partial charge in [0.05, 0.1) is 6.54 Å². The number of fused-ring (bicyclic) bond motifs is 1. The van der Waals surface area contributed by atoms with Gasteiger partial charge in [0.2, 0.25) is 0 Å². The van der Waals surface area contributed by atoms with Crippen molar-refractivity contribution in [2.45, 2.75) is 6.42 Å². The van der Waals surface area contributed by atoms with Crippen LogP contribution in [0, 0.1) is 12.3 Å². The van der Waals surface area contributed by atoms with Crippen LogP contribution in [0.5, 0.6) is 0 Å². The lowest BCUT2D eigenvalue weighted by molar-refractivity contribution is 0.915. The van der Waals surface area contributed by atoms with Crippen molar-refractivity contribution in [3.63, 3.8) is 0 Å². The molecule has 12 heavy (non-hydrogen) atoms. The summed E-state index contributed by atoms with van der Waals surface area (Å²) in [5, 5.41) is 0. The zero-order chi connectivity index (χ0) is 8.39. The van der Waals surface area contributed by atoms with Gasteiger partial charge in [0.15, 0.2) is 0 Å². The third-order valence-corrected chi connectivity index (χ3v) is 2.27. The maximum atomic E-state index is 5.27. The molecular weight excluding hydrogens is 146 g/mol. The molecule has 0 saturated heterocycles. The van der Waals surface area contributed by atoms with E-state index in [0.29, 0.717) is 0 Å². The number of benzene rings is 1. The Morgan fingerprint density at radius 2 is 2.25 bits per heavy atom. The van der Waals surface area contributed by atoms with Crippen LogP contribution in [0.25, 0.3) is 0 Å². The molecule has 0 radical (unpaired) electrons. The van der Waals surface area contributed by atoms with E-state index in [1.807, 2.05) is 0 Å². The molecule has 1 aromatic carbocycles. The second-order valence-corrected chi connectivity index (χ2v) is 3.00. The second kappa shape index (κ2) is 2.91. The summed E-state index contributed by atoms with van der Waals surface area (Å²) in [6.45, 7) is 1.81. The molecule has 0 aromatic heterocycles. The van der Waals surface area contributed by atoms with Crippen molar-refractivity contribution in [1.29, 1.82) is 0 Å². The normalized spacial score (nSPS) is 14.1. The lowest BCUT2D eigenvalue weighted by Crippen LogP contribution is -2.20. The third kappa shape index (κ3) is 1.06. The van der Waals surface area contributed by atoms with E-state index in [2.05, 4.69) is 35.1 Å². The predicted molar refractivity (Wildman–Crippen MR) is 51.2 cm³/mol. The van der Waals surface area contributed by atoms with Crippen LogP contribution in [0.4, 0.5) is 5.69 Å². The zero-order valence-corrected chi connectivity index (χ0v) is 6.96. The fourth-order valence-corrected chi connectivity index (χ4v) is 1.68. The first-order valence-electron chi connectivity index (χ1n) is 4.18. The van der Waals surface area contributed by atoms with Crippen LogP contribution < -0.4 is 4.90 Å². The Balaban J connectivity index is 2.31. The average molecular weight is 157 g/mol. The quantitative estimate of drug-likeness (QED) is 0.561. The number of hydrogen-bond acceptors (Lipinski definition) is 1. The van der Waals surface area contributed by atoms with Gasteiger partial charge in [-0.15, -0.1) is 6.42 Å². The molecule has 0 N–H and O–H groups in total. The van der Waals surface area contributed by atoms with Gasteiger partial charge in [0.1, 0.15) is 0 Å². The van der Waals surface area contributed by atoms with Crippen LogP contribution in [-0.2, 0) is 6.42 Å². The van der Waals surface area contributed by atoms with Crippen LogP contribution >= 0.6 is 0 Å². The Morgan fingerprint density at radius 1 is 1.42 bits per heavy atom. The molecule has 2 rings (SSSR count). The van der Waals surface area contributed by atoms with Gasteiger partial charge in [-0.25, -0.2) is 0 Å². The zero-order valence-electron chi connectivity index (χ0n) is 6.96. The molecular formula is C11H11N. The minimum absolute atomic E-state index is 0.733. The molecule has 0 amide bonds. The van der Waals surface area contributed by atoms with Gasteiger partial charge in [0, 0.05) is 12.2 Å². The molecule has 1 aliphatic rings. The monoisotopic (exact) mass is 157 g/mol. The molecule has 0 fully saturated rings. The molecule has 0 spiro atoms. The van der Waals surface area contributed by atoms with Crippen LogP contribution in [-0.4, -0.2) is 13.1 Å². The largest absolute Gasteiger partial charge is 0.360 e. The van der Waals surface area contributed by atoms with E-state index in [-0.39, 0.29) is 0 Å². The van der Waals surface area contributed by atoms with E-state index in [0.717, 1.165) is 19.5 Å². The summed E-state index contributed by atoms with van der Waals surface area (Å²) < 4.78 is 0. The first-order chi connectivity index (χ1) is 5.92. The third-order valence-electron chi connectivity index (χ3n) is 2.27. The Morgan fingerprint density at radius 3 is 3.08 bits per heavy atom. The van der Waals surface area contributed by atoms with Gasteiger partial charge in [0.25, 0.3) is 0 Å². The minimum Gasteiger partial charge on any atom is -0.360 e. The summed E-state index contributed by atoms with van der Waals surface area (Å²) in [5.74, 6) is 2.68. The number of nitrogens with zero attached hydrogens (tertiary/aromatic N) is 1. The summed E-state index contributed by atoms with van der Waals surface area (Å²) in [4.78, 5) is 2.25. The smallest absolute Gasteiger partial charge is 0.0791 e. The summed E-state index contributed by atoms with van der Waals surface area (Å²) in [6.07, 6.45) is 6.41. The summed E-state index contributed by atoms with van der Waals surface area (Å²) in [6, 6.07) is 8.46. The summed E-state index contributed by atoms with van der Waals surface area (Å²) in [7, 11) is 0. The molecule has 1 heterocycles. The maximum absolute atomic E-state index is 5.27. The SMILES string of the molecule is C#CCN1CCc2ccccc21. The standard InChI is InChI=1S/C11H11N/c1-2-8-12-9-7-10-5-3-4-6-11(10)12/h1,3-6H,7-9H2. The fraction of sp³-hybridized carbons (Fsp3) is 0.273. The highest BCUT2D eigenvalue weighted by Crippen LogP contribution is 2.26. The van der Waals surface area contributed by atoms with E-state index in [9.17, 15) is 0 Å². The number of para-hydroxylation sites is 1. The van der Waals surface area contributed by atoms with Gasteiger partial charge >= 0.3 is 0 Å². The van der Waals surface area contributed by atoms with Crippen molar-refractivity contribution in [2.24, 2.45) is 0 Å². The van der Waals surface area contributed by atoms with E-state index >= 15 is 0 Å². The molecule has 0 aliphatic carbocycles. The van der Waals surface area contributed by atoms with Gasteiger partial charge < -0.3 is 4.90 Å². The predicted octanol–water partition coefficient (Wildman–Crippen LogP) is 1.68. The highest BCUT2D eigenvalue weighted by atomic mass is 15.1. The molecule has 1 heteroatoms. The second-order valence-electron chi connectivity index (χ2n) is 3.00. The Labute approximate surface area is 73.0 Å². The molecule has 1 nitrogen and oxygen atoms in total. The van der Waals surface area contributed by atoms with Crippen LogP contribution in [0.15, 0.2) is 24.3 Å². The van der Waals surface area contributed by atoms with Gasteiger partial charge in [-0.05, 0) is 18.1 Å². The maximum Gasteiger partial charge on any atom is 0.0791 e. The van der Waals surface area contributed by atoms with Crippen molar-refractivity contribution < 1.29 is 0 Å². The number of terminal acetylenes is 1. The molecule has 1 aliphatic heterocycles. The minimum atomic E-state index is 0.733. The van der Waals surface area contributed by atoms with Crippen molar-refractivity contribution in [3.8, 4) is 12.3 Å². The first-order valence-corrected chi connectivity index (χ1v) is 4.18. The highest BCUT2D eigenvalue weighted by molar-refractivity contribution is 5.58. The fourth-order valence-electron chi connectivity index (χ4n) is 1.68. The van der Waals surface area contributed by atoms with Crippen LogP contribution in [0.2, 0.25) is 0 Å². The average Bonchev–Trinajstić information content (AvgIpc) is 2.50. The van der Waals surface area contributed by atoms with Gasteiger partial charge in [-0.1, -0.05) is 24.1 Å². The molecule has 0 saturated carbocycles. The van der Waals surface area contributed by atoms with Crippen LogP contribution in [0.1, 0.15) is 5.56 Å². The van der Waals surface area contributed by atoms with Gasteiger partial charge in [-0.2, -0.15) is 0 Å². The Kier molecular flexibility index (Phi) is 1.75. The molecule has 60 valence electrons. The first kappa shape index (κ1) is 7.24. The summed E-state index contributed by atoms with van der Waals surface area (Å²) >= 11 is 0. The van der Waals surface area contributed by atoms with E-state index in [1.165, 1.54) is 11.3 Å². The lowest BCUT2D eigenvalue weighted by atomic mass is 10.2. The van der Waals surface area contributed by atoms with E-state index in [4.69, 9.17) is 6.42 Å². The lowest BCUT2D eigenvalue weighted by Gasteiger charge is -2.14. The number of anilines is 1. The van der Waals surface area contributed by atoms with Crippen LogP contribution in [0.3, 0.4) is 0 Å². The Bertz CT molecular complexity index is 322. The number of rotatable bonds is 1. The molecule has 0 bridgehead atoms. The van der Waals surface area contributed by atoms with Crippen molar-refractivity contribution in [2.75, 3.05) is 18.0 Å². The van der Waals surface area contributed by atoms with Crippen molar-refractivity contribution >= 4 is 5.69 Å². The molecule has 1 aromatic rings. The van der Waals surface area contributed by atoms with Crippen molar-refractivity contribution in [1.82, 2.24) is 0 Å². The summed E-state index contributed by atoms with van der Waals surface area (Å²) in [5.41, 5.74) is 2.74. The Hall–Kier alpha value is -1.42. The topological polar surface area (TPSA) is 3.24 Å². The number of hydrogen-bond donors (Lipinski definition) is 0.